The van der Waals surface area contributed by atoms with E-state index in [4.69, 9.17) is 47.4 Å². The van der Waals surface area contributed by atoms with E-state index in [1.54, 1.807) is 30.5 Å². The molecule has 1 aliphatic rings. The molecule has 3 heterocycles. The smallest absolute Gasteiger partial charge is 0.418 e. The van der Waals surface area contributed by atoms with Crippen LogP contribution < -0.4 is 24.8 Å². The summed E-state index contributed by atoms with van der Waals surface area (Å²) in [5, 5.41) is 6.61. The largest absolute Gasteiger partial charge is 0.495 e. The zero-order chi connectivity index (χ0) is 29.1. The van der Waals surface area contributed by atoms with Crippen molar-refractivity contribution in [3.8, 4) is 28.4 Å². The number of rotatable bonds is 7. The molecule has 2 aromatic heterocycles. The molecular weight excluding hydrogens is 567 g/mol. The standard InChI is InChI=1S/C29H30Cl2N6O4/c1-16-17(2)35-28-20(41-29(38)36-23-8-5-18(14-33-23)15-37-11-9-32-10-12-37)7-6-19(27(28)34-16)24-25(30)21(39-3)13-22(40-4)26(24)31/h5-8,13-14,32H,9-12,15H2,1-4H3,(H,33,36,38). The fourth-order valence-corrected chi connectivity index (χ4v) is 5.34. The zero-order valence-electron chi connectivity index (χ0n) is 23.2. The summed E-state index contributed by atoms with van der Waals surface area (Å²) in [5.41, 5.74) is 4.32. The first-order chi connectivity index (χ1) is 19.8. The van der Waals surface area contributed by atoms with Gasteiger partial charge in [-0.15, -0.1) is 0 Å². The molecule has 5 rings (SSSR count). The fraction of sp³-hybridized carbons (Fsp3) is 0.310. The second-order valence-electron chi connectivity index (χ2n) is 9.58. The molecule has 41 heavy (non-hydrogen) atoms. The molecule has 0 unspecified atom stereocenters. The number of methoxy groups -OCH3 is 2. The van der Waals surface area contributed by atoms with Crippen LogP contribution in [0.2, 0.25) is 10.0 Å². The van der Waals surface area contributed by atoms with Crippen LogP contribution in [0.3, 0.4) is 0 Å². The maximum absolute atomic E-state index is 12.9. The number of carbonyl (C=O) groups is 1. The van der Waals surface area contributed by atoms with Gasteiger partial charge in [-0.3, -0.25) is 10.2 Å². The van der Waals surface area contributed by atoms with Crippen LogP contribution in [0.15, 0.2) is 36.5 Å². The monoisotopic (exact) mass is 596 g/mol. The van der Waals surface area contributed by atoms with Crippen molar-refractivity contribution >= 4 is 46.1 Å². The highest BCUT2D eigenvalue weighted by Gasteiger charge is 2.23. The van der Waals surface area contributed by atoms with Crippen LogP contribution >= 0.6 is 23.2 Å². The van der Waals surface area contributed by atoms with Crippen molar-refractivity contribution in [3.05, 3.63) is 63.5 Å². The van der Waals surface area contributed by atoms with Crippen LogP contribution in [0.25, 0.3) is 22.2 Å². The summed E-state index contributed by atoms with van der Waals surface area (Å²) in [4.78, 5) is 29.1. The Hall–Kier alpha value is -3.70. The van der Waals surface area contributed by atoms with Gasteiger partial charge in [0.15, 0.2) is 5.75 Å². The van der Waals surface area contributed by atoms with Gasteiger partial charge in [0.2, 0.25) is 0 Å². The first kappa shape index (κ1) is 28.8. The maximum atomic E-state index is 12.9. The van der Waals surface area contributed by atoms with E-state index in [0.717, 1.165) is 38.3 Å². The number of nitrogens with zero attached hydrogens (tertiary/aromatic N) is 4. The molecule has 1 saturated heterocycles. The predicted molar refractivity (Wildman–Crippen MR) is 160 cm³/mol. The normalized spacial score (nSPS) is 13.7. The highest BCUT2D eigenvalue weighted by Crippen LogP contribution is 2.48. The second-order valence-corrected chi connectivity index (χ2v) is 10.3. The van der Waals surface area contributed by atoms with E-state index in [1.165, 1.54) is 14.2 Å². The van der Waals surface area contributed by atoms with Crippen LogP contribution in [0.5, 0.6) is 17.2 Å². The molecule has 10 nitrogen and oxygen atoms in total. The molecule has 2 aromatic carbocycles. The van der Waals surface area contributed by atoms with E-state index >= 15 is 0 Å². The fourth-order valence-electron chi connectivity index (χ4n) is 4.64. The molecule has 0 bridgehead atoms. The number of piperazine rings is 1. The summed E-state index contributed by atoms with van der Waals surface area (Å²) in [5.74, 6) is 1.37. The average Bonchev–Trinajstić information content (AvgIpc) is 2.97. The van der Waals surface area contributed by atoms with Crippen molar-refractivity contribution in [2.75, 3.05) is 45.7 Å². The number of hydrogen-bond donors (Lipinski definition) is 2. The van der Waals surface area contributed by atoms with Gasteiger partial charge in [-0.1, -0.05) is 29.3 Å². The Morgan fingerprint density at radius 3 is 2.22 bits per heavy atom. The van der Waals surface area contributed by atoms with Crippen LogP contribution in [0.4, 0.5) is 10.6 Å². The minimum atomic E-state index is -0.708. The van der Waals surface area contributed by atoms with Crippen LogP contribution in [0, 0.1) is 13.8 Å². The predicted octanol–water partition coefficient (Wildman–Crippen LogP) is 5.65. The van der Waals surface area contributed by atoms with E-state index in [0.29, 0.717) is 50.9 Å². The Kier molecular flexibility index (Phi) is 8.74. The summed E-state index contributed by atoms with van der Waals surface area (Å²) < 4.78 is 16.6. The van der Waals surface area contributed by atoms with Crippen molar-refractivity contribution < 1.29 is 19.0 Å². The van der Waals surface area contributed by atoms with E-state index in [-0.39, 0.29) is 15.8 Å². The molecule has 1 fully saturated rings. The number of carbonyl (C=O) groups excluding carboxylic acids is 1. The van der Waals surface area contributed by atoms with Crippen LogP contribution in [0.1, 0.15) is 17.0 Å². The molecule has 1 aliphatic heterocycles. The Balaban J connectivity index is 1.43. The van der Waals surface area contributed by atoms with Gasteiger partial charge in [0.25, 0.3) is 0 Å². The van der Waals surface area contributed by atoms with Crippen molar-refractivity contribution in [1.29, 1.82) is 0 Å². The van der Waals surface area contributed by atoms with Gasteiger partial charge in [0.1, 0.15) is 28.4 Å². The van der Waals surface area contributed by atoms with Gasteiger partial charge in [-0.25, -0.2) is 19.7 Å². The van der Waals surface area contributed by atoms with Gasteiger partial charge in [-0.2, -0.15) is 0 Å². The van der Waals surface area contributed by atoms with E-state index in [1.807, 2.05) is 19.9 Å². The first-order valence-corrected chi connectivity index (χ1v) is 13.8. The summed E-state index contributed by atoms with van der Waals surface area (Å²) in [7, 11) is 3.02. The molecule has 1 amide bonds. The van der Waals surface area contributed by atoms with Crippen LogP contribution in [-0.4, -0.2) is 66.3 Å². The number of anilines is 1. The molecule has 0 atom stereocenters. The van der Waals surface area contributed by atoms with Crippen molar-refractivity contribution in [2.45, 2.75) is 20.4 Å². The van der Waals surface area contributed by atoms with Gasteiger partial charge in [0, 0.05) is 56.1 Å². The zero-order valence-corrected chi connectivity index (χ0v) is 24.7. The maximum Gasteiger partial charge on any atom is 0.418 e. The van der Waals surface area contributed by atoms with Crippen LogP contribution in [-0.2, 0) is 6.54 Å². The molecule has 2 N–H and O–H groups in total. The Bertz CT molecular complexity index is 1570. The number of aryl methyl sites for hydroxylation is 2. The van der Waals surface area contributed by atoms with Gasteiger partial charge in [0.05, 0.1) is 35.7 Å². The third-order valence-electron chi connectivity index (χ3n) is 6.91. The summed E-state index contributed by atoms with van der Waals surface area (Å²) in [6.07, 6.45) is 1.05. The third-order valence-corrected chi connectivity index (χ3v) is 7.66. The molecular formula is C29H30Cl2N6O4. The summed E-state index contributed by atoms with van der Waals surface area (Å²) in [6.45, 7) is 8.42. The molecule has 4 aromatic rings. The summed E-state index contributed by atoms with van der Waals surface area (Å²) in [6, 6.07) is 8.67. The number of amides is 1. The number of hydrogen-bond acceptors (Lipinski definition) is 9. The highest BCUT2D eigenvalue weighted by molar-refractivity contribution is 6.41. The minimum absolute atomic E-state index is 0.217. The van der Waals surface area contributed by atoms with Gasteiger partial charge >= 0.3 is 6.09 Å². The quantitative estimate of drug-likeness (QED) is 0.279. The van der Waals surface area contributed by atoms with Crippen molar-refractivity contribution in [3.63, 3.8) is 0 Å². The molecule has 214 valence electrons. The summed E-state index contributed by atoms with van der Waals surface area (Å²) >= 11 is 13.4. The number of halogens is 2. The van der Waals surface area contributed by atoms with E-state index < -0.39 is 6.09 Å². The Morgan fingerprint density at radius 2 is 1.61 bits per heavy atom. The number of benzene rings is 2. The lowest BCUT2D eigenvalue weighted by atomic mass is 10.0. The molecule has 0 radical (unpaired) electrons. The SMILES string of the molecule is COc1cc(OC)c(Cl)c(-c2ccc(OC(=O)Nc3ccc(CN4CCNCC4)cn3)c3nc(C)c(C)nc23)c1Cl. The number of ether oxygens (including phenoxy) is 3. The number of aromatic nitrogens is 3. The molecule has 12 heteroatoms. The van der Waals surface area contributed by atoms with Crippen molar-refractivity contribution in [2.24, 2.45) is 0 Å². The van der Waals surface area contributed by atoms with E-state index in [2.05, 4.69) is 20.5 Å². The molecule has 0 aliphatic carbocycles. The van der Waals surface area contributed by atoms with Gasteiger partial charge in [-0.05, 0) is 37.6 Å². The lowest BCUT2D eigenvalue weighted by Crippen LogP contribution is -2.42. The minimum Gasteiger partial charge on any atom is -0.495 e. The highest BCUT2D eigenvalue weighted by atomic mass is 35.5. The Labute approximate surface area is 247 Å². The average molecular weight is 598 g/mol. The first-order valence-electron chi connectivity index (χ1n) is 13.0. The van der Waals surface area contributed by atoms with Gasteiger partial charge < -0.3 is 19.5 Å². The number of pyridine rings is 1. The number of nitrogens with one attached hydrogen (secondary N) is 2. The van der Waals surface area contributed by atoms with Crippen molar-refractivity contribution in [1.82, 2.24) is 25.2 Å². The number of fused-ring (bicyclic) bond motifs is 1. The topological polar surface area (TPSA) is 111 Å². The second kappa shape index (κ2) is 12.4. The lowest BCUT2D eigenvalue weighted by Gasteiger charge is -2.27. The third kappa shape index (κ3) is 6.15. The Morgan fingerprint density at radius 1 is 0.951 bits per heavy atom. The van der Waals surface area contributed by atoms with E-state index in [9.17, 15) is 4.79 Å². The molecule has 0 saturated carbocycles. The molecule has 0 spiro atoms. The lowest BCUT2D eigenvalue weighted by molar-refractivity contribution is 0.215.